The van der Waals surface area contributed by atoms with Gasteiger partial charge in [-0.1, -0.05) is 72.0 Å². The minimum absolute atomic E-state index is 0.461. The fourth-order valence-corrected chi connectivity index (χ4v) is 13.2. The Hall–Kier alpha value is -8.32. The van der Waals surface area contributed by atoms with Crippen LogP contribution in [0.3, 0.4) is 0 Å². The number of aryl methyl sites for hydroxylation is 5. The summed E-state index contributed by atoms with van der Waals surface area (Å²) in [6.07, 6.45) is 17.9. The Morgan fingerprint density at radius 2 is 0.990 bits per heavy atom. The maximum absolute atomic E-state index is 6.20. The Morgan fingerprint density at radius 1 is 0.526 bits per heavy atom. The normalized spacial score (nSPS) is 14.0. The second kappa shape index (κ2) is 32.4. The van der Waals surface area contributed by atoms with E-state index in [0.29, 0.717) is 63.9 Å². The van der Waals surface area contributed by atoms with Crippen molar-refractivity contribution in [3.63, 3.8) is 0 Å². The van der Waals surface area contributed by atoms with Gasteiger partial charge in [0.25, 0.3) is 0 Å². The van der Waals surface area contributed by atoms with Crippen LogP contribution < -0.4 is 36.6 Å². The molecule has 13 rings (SSSR count). The van der Waals surface area contributed by atoms with Gasteiger partial charge >= 0.3 is 0 Å². The monoisotopic (exact) mass is 1390 g/mol. The molecule has 0 amide bonds. The van der Waals surface area contributed by atoms with E-state index in [1.807, 2.05) is 81.1 Å². The summed E-state index contributed by atoms with van der Waals surface area (Å²) >= 11 is 28.9. The highest BCUT2D eigenvalue weighted by atomic mass is 35.5. The van der Waals surface area contributed by atoms with Crippen molar-refractivity contribution in [2.24, 2.45) is 5.92 Å². The van der Waals surface area contributed by atoms with Gasteiger partial charge in [-0.25, -0.2) is 34.9 Å². The minimum Gasteiger partial charge on any atom is -0.480 e. The summed E-state index contributed by atoms with van der Waals surface area (Å²) in [6, 6.07) is 28.1. The van der Waals surface area contributed by atoms with Crippen LogP contribution in [0.2, 0.25) is 10.0 Å². The van der Waals surface area contributed by atoms with Crippen LogP contribution in [0.25, 0.3) is 33.8 Å². The number of piperidine rings is 1. The Bertz CT molecular complexity index is 4370. The zero-order valence-corrected chi connectivity index (χ0v) is 60.3. The van der Waals surface area contributed by atoms with E-state index in [2.05, 4.69) is 151 Å². The number of ether oxygens (including phenoxy) is 1. The number of likely N-dealkylation sites (tertiary alicyclic amines) is 1. The van der Waals surface area contributed by atoms with E-state index in [1.165, 1.54) is 37.9 Å². The predicted octanol–water partition coefficient (Wildman–Crippen LogP) is 15.2. The van der Waals surface area contributed by atoms with Gasteiger partial charge in [-0.2, -0.15) is 0 Å². The molecule has 0 saturated carbocycles. The third kappa shape index (κ3) is 18.7. The molecule has 4 aliphatic heterocycles. The highest BCUT2D eigenvalue weighted by molar-refractivity contribution is 7.81. The number of thiocarbonyl (C=S) groups is 3. The zero-order valence-electron chi connectivity index (χ0n) is 56.3. The number of benzene rings is 3. The fraction of sp³-hybridized carbons (Fsp3) is 0.342. The van der Waals surface area contributed by atoms with Gasteiger partial charge in [0, 0.05) is 116 Å². The van der Waals surface area contributed by atoms with Gasteiger partial charge in [-0.3, -0.25) is 9.97 Å². The molecule has 6 aromatic heterocycles. The van der Waals surface area contributed by atoms with Crippen molar-refractivity contribution in [2.45, 2.75) is 91.4 Å². The molecule has 9 aromatic rings. The summed E-state index contributed by atoms with van der Waals surface area (Å²) in [4.78, 5) is 51.2. The maximum atomic E-state index is 6.20. The van der Waals surface area contributed by atoms with Gasteiger partial charge in [0.2, 0.25) is 23.7 Å². The average Bonchev–Trinajstić information content (AvgIpc) is 1.75. The molecule has 0 unspecified atom stereocenters. The van der Waals surface area contributed by atoms with Gasteiger partial charge < -0.3 is 51.3 Å². The van der Waals surface area contributed by atoms with Crippen LogP contribution in [-0.4, -0.2) is 143 Å². The molecule has 24 heteroatoms. The predicted molar refractivity (Wildman–Crippen MR) is 408 cm³/mol. The van der Waals surface area contributed by atoms with Crippen molar-refractivity contribution in [1.29, 1.82) is 0 Å². The molecule has 502 valence electrons. The lowest BCUT2D eigenvalue weighted by Gasteiger charge is -2.28. The second-order valence-electron chi connectivity index (χ2n) is 25.6. The summed E-state index contributed by atoms with van der Waals surface area (Å²) in [6.45, 7) is 10.6. The summed E-state index contributed by atoms with van der Waals surface area (Å²) in [7, 11) is 12.2. The van der Waals surface area contributed by atoms with Crippen molar-refractivity contribution < 1.29 is 4.74 Å². The van der Waals surface area contributed by atoms with Crippen LogP contribution in [0.1, 0.15) is 82.7 Å². The number of rotatable bonds is 18. The standard InChI is InChI=1S/C25H27ClN6S.C25H30N6S.C23H25ClN6OS/c1-15-21(6-4-19(28-15)11-16-7-9-32(2)10-8-16)30-25-27-14-17-12-23(33)29-22-13-18(26)3-5-20(22)24(17)31-25;1-16-8-10-20-22(13-16)28-23(32)14-18-15-26-25(30-24(18)20)29-21-11-9-19(27-17(21)2)7-5-6-12-31(3)4;1-30(2)8-4-5-14-9-19(22(31-3)25-12-14)28-23-26-13-15-10-20(32)27-18-11-16(24)6-7-17(18)21(15)29-23/h3-6,13-14,16H,7-12H2,1-2H3,(H,29,33)(H,27,30,31);8-11,13,15H,5-7,12,14H2,1-4H3,(H,28,32)(H,26,29,30);6-7,9,11-13H,4-5,8,10H2,1-3H3,(H,27,32)(H,26,28,29). The number of halogens is 2. The molecule has 4 aliphatic rings. The molecular formula is C73H82Cl2N18OS3. The second-order valence-corrected chi connectivity index (χ2v) is 27.9. The molecule has 1 fully saturated rings. The van der Waals surface area contributed by atoms with Crippen LogP contribution >= 0.6 is 59.9 Å². The maximum Gasteiger partial charge on any atom is 0.237 e. The van der Waals surface area contributed by atoms with Crippen LogP contribution in [0.4, 0.5) is 52.0 Å². The largest absolute Gasteiger partial charge is 0.480 e. The lowest BCUT2D eigenvalue weighted by atomic mass is 9.92. The van der Waals surface area contributed by atoms with E-state index in [-0.39, 0.29) is 0 Å². The van der Waals surface area contributed by atoms with Crippen LogP contribution in [0, 0.1) is 26.7 Å². The van der Waals surface area contributed by atoms with Gasteiger partial charge in [0.15, 0.2) is 0 Å². The lowest BCUT2D eigenvalue weighted by molar-refractivity contribution is 0.218. The van der Waals surface area contributed by atoms with Crippen molar-refractivity contribution in [1.82, 2.24) is 59.6 Å². The van der Waals surface area contributed by atoms with Gasteiger partial charge in [0.05, 0.1) is 61.9 Å². The van der Waals surface area contributed by atoms with Crippen molar-refractivity contribution in [2.75, 3.05) is 100 Å². The molecule has 97 heavy (non-hydrogen) atoms. The first-order valence-electron chi connectivity index (χ1n) is 32.7. The number of fused-ring (bicyclic) bond motifs is 9. The van der Waals surface area contributed by atoms with Crippen molar-refractivity contribution in [3.05, 3.63) is 170 Å². The highest BCUT2D eigenvalue weighted by Gasteiger charge is 2.25. The summed E-state index contributed by atoms with van der Waals surface area (Å²) in [5.41, 5.74) is 20.2. The summed E-state index contributed by atoms with van der Waals surface area (Å²) in [5, 5.41) is 21.2. The number of pyridine rings is 3. The summed E-state index contributed by atoms with van der Waals surface area (Å²) < 4.78 is 5.45. The molecule has 0 bridgehead atoms. The number of unbranched alkanes of at least 4 members (excludes halogenated alkanes) is 1. The third-order valence-corrected chi connectivity index (χ3v) is 18.4. The Balaban J connectivity index is 0.000000148. The SMILES string of the molecule is COc1ncc(CCCN(C)C)cc1Nc1ncc2c(n1)-c1ccc(Cl)cc1NC(=S)C2.Cc1ccc2c(c1)NC(=S)Cc1cnc(Nc3ccc(CCCCN(C)C)nc3C)nc1-2.Cc1nc(CC2CCN(C)CC2)ccc1Nc1ncc2c(n1)-c1ccc(Cl)cc1NC(=S)C2. The highest BCUT2D eigenvalue weighted by Crippen LogP contribution is 2.39. The smallest absolute Gasteiger partial charge is 0.237 e. The first-order chi connectivity index (χ1) is 46.7. The lowest BCUT2D eigenvalue weighted by Crippen LogP contribution is -2.31. The van der Waals surface area contributed by atoms with Crippen molar-refractivity contribution >= 4 is 127 Å². The summed E-state index contributed by atoms with van der Waals surface area (Å²) in [5.74, 6) is 2.77. The molecule has 0 spiro atoms. The number of hydrogen-bond acceptors (Lipinski definition) is 19. The molecular weight excluding hydrogens is 1310 g/mol. The third-order valence-electron chi connectivity index (χ3n) is 17.2. The number of nitrogens with one attached hydrogen (secondary N) is 6. The van der Waals surface area contributed by atoms with Crippen molar-refractivity contribution in [3.8, 4) is 39.7 Å². The van der Waals surface area contributed by atoms with E-state index in [9.17, 15) is 0 Å². The minimum atomic E-state index is 0.461. The molecule has 0 atom stereocenters. The van der Waals surface area contributed by atoms with Crippen LogP contribution in [-0.2, 0) is 38.5 Å². The Labute approximate surface area is 594 Å². The Morgan fingerprint density at radius 3 is 1.48 bits per heavy atom. The average molecular weight is 1390 g/mol. The first-order valence-corrected chi connectivity index (χ1v) is 34.7. The first kappa shape index (κ1) is 70.0. The molecule has 19 nitrogen and oxygen atoms in total. The van der Waals surface area contributed by atoms with Crippen LogP contribution in [0.15, 0.2) is 110 Å². The van der Waals surface area contributed by atoms with Gasteiger partial charge in [-0.05, 0) is 223 Å². The van der Waals surface area contributed by atoms with Gasteiger partial charge in [-0.15, -0.1) is 0 Å². The zero-order chi connectivity index (χ0) is 68.3. The molecule has 6 N–H and O–H groups in total. The van der Waals surface area contributed by atoms with Gasteiger partial charge in [0.1, 0.15) is 5.69 Å². The van der Waals surface area contributed by atoms with Crippen LogP contribution in [0.5, 0.6) is 5.88 Å². The van der Waals surface area contributed by atoms with E-state index in [1.54, 1.807) is 7.11 Å². The van der Waals surface area contributed by atoms with E-state index >= 15 is 0 Å². The Kier molecular flexibility index (Phi) is 23.4. The molecule has 0 aliphatic carbocycles. The quantitative estimate of drug-likeness (QED) is 0.0349. The fourth-order valence-electron chi connectivity index (χ4n) is 12.1. The molecule has 3 aromatic carbocycles. The topological polar surface area (TPSA) is 207 Å². The number of aromatic nitrogens is 9. The molecule has 1 saturated heterocycles. The molecule has 0 radical (unpaired) electrons. The number of hydrogen-bond donors (Lipinski definition) is 6. The number of anilines is 9. The van der Waals surface area contributed by atoms with E-state index in [0.717, 1.165) is 168 Å². The number of methoxy groups -OCH3 is 1. The number of nitrogens with zero attached hydrogens (tertiary/aromatic N) is 12. The van der Waals surface area contributed by atoms with E-state index in [4.69, 9.17) is 89.5 Å². The van der Waals surface area contributed by atoms with E-state index < -0.39 is 0 Å². The molecule has 10 heterocycles.